The smallest absolute Gasteiger partial charge is 0.277 e. The van der Waals surface area contributed by atoms with E-state index in [1.165, 1.54) is 6.21 Å². The molecule has 29 heavy (non-hydrogen) atoms. The van der Waals surface area contributed by atoms with E-state index in [9.17, 15) is 4.79 Å². The van der Waals surface area contributed by atoms with E-state index in [-0.39, 0.29) is 12.5 Å². The number of hydrogen-bond acceptors (Lipinski definition) is 5. The van der Waals surface area contributed by atoms with Crippen molar-refractivity contribution in [3.05, 3.63) is 78.4 Å². The van der Waals surface area contributed by atoms with Gasteiger partial charge in [-0.3, -0.25) is 4.79 Å². The Bertz CT molecular complexity index is 987. The van der Waals surface area contributed by atoms with Crippen molar-refractivity contribution in [3.63, 3.8) is 0 Å². The average Bonchev–Trinajstić information content (AvgIpc) is 2.78. The van der Waals surface area contributed by atoms with Crippen LogP contribution in [-0.2, 0) is 4.79 Å². The summed E-state index contributed by atoms with van der Waals surface area (Å²) >= 11 is 0. The van der Waals surface area contributed by atoms with Crippen LogP contribution in [-0.4, -0.2) is 32.9 Å². The summed E-state index contributed by atoms with van der Waals surface area (Å²) in [5, 5.41) is 3.98. The lowest BCUT2D eigenvalue weighted by Crippen LogP contribution is -2.24. The van der Waals surface area contributed by atoms with Gasteiger partial charge in [-0.15, -0.1) is 0 Å². The molecule has 0 aromatic heterocycles. The van der Waals surface area contributed by atoms with E-state index in [0.717, 1.165) is 11.1 Å². The minimum Gasteiger partial charge on any atom is -0.493 e. The van der Waals surface area contributed by atoms with Crippen LogP contribution in [0.3, 0.4) is 0 Å². The zero-order valence-corrected chi connectivity index (χ0v) is 16.3. The van der Waals surface area contributed by atoms with E-state index in [1.54, 1.807) is 20.3 Å². The van der Waals surface area contributed by atoms with Gasteiger partial charge in [0.1, 0.15) is 5.75 Å². The van der Waals surface area contributed by atoms with Crippen molar-refractivity contribution in [1.82, 2.24) is 5.43 Å². The van der Waals surface area contributed by atoms with Gasteiger partial charge in [-0.25, -0.2) is 5.43 Å². The third-order valence-electron chi connectivity index (χ3n) is 4.16. The minimum absolute atomic E-state index is 0.156. The van der Waals surface area contributed by atoms with Gasteiger partial charge in [0, 0.05) is 11.1 Å². The molecule has 0 bridgehead atoms. The number of hydrazone groups is 1. The molecule has 0 saturated heterocycles. The molecule has 0 saturated carbocycles. The molecule has 1 amide bonds. The molecule has 0 radical (unpaired) electrons. The maximum absolute atomic E-state index is 12.1. The molecule has 0 aliphatic heterocycles. The van der Waals surface area contributed by atoms with Gasteiger partial charge in [-0.2, -0.15) is 5.10 Å². The minimum atomic E-state index is -0.369. The van der Waals surface area contributed by atoms with Crippen LogP contribution in [0.15, 0.2) is 77.9 Å². The first-order valence-electron chi connectivity index (χ1n) is 9.03. The Morgan fingerprint density at radius 1 is 0.897 bits per heavy atom. The molecule has 3 aromatic carbocycles. The Morgan fingerprint density at radius 3 is 2.38 bits per heavy atom. The zero-order valence-electron chi connectivity index (χ0n) is 16.3. The average molecular weight is 390 g/mol. The summed E-state index contributed by atoms with van der Waals surface area (Å²) in [7, 11) is 3.11. The van der Waals surface area contributed by atoms with E-state index in [4.69, 9.17) is 14.2 Å². The lowest BCUT2D eigenvalue weighted by atomic mass is 10.1. The Morgan fingerprint density at radius 2 is 1.62 bits per heavy atom. The largest absolute Gasteiger partial charge is 0.493 e. The molecule has 3 rings (SSSR count). The topological polar surface area (TPSA) is 69.2 Å². The first kappa shape index (κ1) is 19.9. The SMILES string of the molecule is COc1cccc(/C=N\NC(=O)COc2ccccc2-c2ccccc2)c1OC. The van der Waals surface area contributed by atoms with Gasteiger partial charge in [0.15, 0.2) is 18.1 Å². The Labute approximate surface area is 169 Å². The predicted molar refractivity (Wildman–Crippen MR) is 113 cm³/mol. The number of nitrogens with zero attached hydrogens (tertiary/aromatic N) is 1. The maximum Gasteiger partial charge on any atom is 0.277 e. The van der Waals surface area contributed by atoms with E-state index >= 15 is 0 Å². The quantitative estimate of drug-likeness (QED) is 0.468. The highest BCUT2D eigenvalue weighted by molar-refractivity contribution is 5.86. The van der Waals surface area contributed by atoms with E-state index in [1.807, 2.05) is 66.7 Å². The number of para-hydroxylation sites is 2. The third kappa shape index (κ3) is 5.13. The van der Waals surface area contributed by atoms with Gasteiger partial charge < -0.3 is 14.2 Å². The molecule has 3 aromatic rings. The number of amides is 1. The van der Waals surface area contributed by atoms with Crippen LogP contribution in [0, 0.1) is 0 Å². The molecular formula is C23H22N2O4. The standard InChI is InChI=1S/C23H22N2O4/c1-27-21-14-8-11-18(23(21)28-2)15-24-25-22(26)16-29-20-13-7-6-12-19(20)17-9-4-3-5-10-17/h3-15H,16H2,1-2H3,(H,25,26)/b24-15-. The number of methoxy groups -OCH3 is 2. The highest BCUT2D eigenvalue weighted by Gasteiger charge is 2.09. The molecular weight excluding hydrogens is 368 g/mol. The van der Waals surface area contributed by atoms with Gasteiger partial charge in [0.2, 0.25) is 0 Å². The van der Waals surface area contributed by atoms with Gasteiger partial charge >= 0.3 is 0 Å². The molecule has 6 nitrogen and oxygen atoms in total. The second-order valence-corrected chi connectivity index (χ2v) is 6.03. The summed E-state index contributed by atoms with van der Waals surface area (Å²) in [6, 6.07) is 22.9. The van der Waals surface area contributed by atoms with E-state index in [2.05, 4.69) is 10.5 Å². The second kappa shape index (κ2) is 9.94. The second-order valence-electron chi connectivity index (χ2n) is 6.03. The maximum atomic E-state index is 12.1. The number of nitrogens with one attached hydrogen (secondary N) is 1. The molecule has 0 heterocycles. The fraction of sp³-hybridized carbons (Fsp3) is 0.130. The van der Waals surface area contributed by atoms with Crippen LogP contribution >= 0.6 is 0 Å². The molecule has 0 spiro atoms. The molecule has 0 atom stereocenters. The monoisotopic (exact) mass is 390 g/mol. The number of carbonyl (C=O) groups is 1. The van der Waals surface area contributed by atoms with Crippen molar-refractivity contribution < 1.29 is 19.0 Å². The fourth-order valence-electron chi connectivity index (χ4n) is 2.81. The molecule has 0 aliphatic rings. The Balaban J connectivity index is 1.61. The molecule has 6 heteroatoms. The number of carbonyl (C=O) groups excluding carboxylic acids is 1. The molecule has 0 fully saturated rings. The number of benzene rings is 3. The number of rotatable bonds is 8. The fourth-order valence-corrected chi connectivity index (χ4v) is 2.81. The summed E-state index contributed by atoms with van der Waals surface area (Å²) in [5.74, 6) is 1.39. The van der Waals surface area contributed by atoms with Crippen molar-refractivity contribution in [3.8, 4) is 28.4 Å². The van der Waals surface area contributed by atoms with Crippen molar-refractivity contribution >= 4 is 12.1 Å². The summed E-state index contributed by atoms with van der Waals surface area (Å²) in [6.07, 6.45) is 1.50. The predicted octanol–water partition coefficient (Wildman–Crippen LogP) is 3.90. The number of hydrogen-bond donors (Lipinski definition) is 1. The molecule has 1 N–H and O–H groups in total. The Hall–Kier alpha value is -3.80. The lowest BCUT2D eigenvalue weighted by molar-refractivity contribution is -0.123. The third-order valence-corrected chi connectivity index (χ3v) is 4.16. The van der Waals surface area contributed by atoms with E-state index < -0.39 is 0 Å². The number of ether oxygens (including phenoxy) is 3. The summed E-state index contributed by atoms with van der Waals surface area (Å²) in [4.78, 5) is 12.1. The first-order chi connectivity index (χ1) is 14.2. The van der Waals surface area contributed by atoms with Gasteiger partial charge in [0.25, 0.3) is 5.91 Å². The van der Waals surface area contributed by atoms with Crippen molar-refractivity contribution in [2.75, 3.05) is 20.8 Å². The van der Waals surface area contributed by atoms with Crippen LogP contribution in [0.25, 0.3) is 11.1 Å². The van der Waals surface area contributed by atoms with Crippen molar-refractivity contribution in [2.45, 2.75) is 0 Å². The normalized spacial score (nSPS) is 10.6. The first-order valence-corrected chi connectivity index (χ1v) is 9.03. The van der Waals surface area contributed by atoms with E-state index in [0.29, 0.717) is 22.8 Å². The molecule has 0 unspecified atom stereocenters. The van der Waals surface area contributed by atoms with Gasteiger partial charge in [0.05, 0.1) is 20.4 Å². The van der Waals surface area contributed by atoms with Gasteiger partial charge in [-0.05, 0) is 23.8 Å². The Kier molecular flexibility index (Phi) is 6.84. The lowest BCUT2D eigenvalue weighted by Gasteiger charge is -2.11. The highest BCUT2D eigenvalue weighted by atomic mass is 16.5. The summed E-state index contributed by atoms with van der Waals surface area (Å²) in [5.41, 5.74) is 5.08. The highest BCUT2D eigenvalue weighted by Crippen LogP contribution is 2.30. The molecule has 0 aliphatic carbocycles. The zero-order chi connectivity index (χ0) is 20.5. The van der Waals surface area contributed by atoms with Crippen LogP contribution < -0.4 is 19.6 Å². The van der Waals surface area contributed by atoms with Crippen LogP contribution in [0.1, 0.15) is 5.56 Å². The summed E-state index contributed by atoms with van der Waals surface area (Å²) < 4.78 is 16.3. The van der Waals surface area contributed by atoms with Crippen LogP contribution in [0.4, 0.5) is 0 Å². The van der Waals surface area contributed by atoms with Crippen LogP contribution in [0.5, 0.6) is 17.2 Å². The van der Waals surface area contributed by atoms with Crippen molar-refractivity contribution in [1.29, 1.82) is 0 Å². The molecule has 148 valence electrons. The van der Waals surface area contributed by atoms with Crippen molar-refractivity contribution in [2.24, 2.45) is 5.10 Å². The van der Waals surface area contributed by atoms with Gasteiger partial charge in [-0.1, -0.05) is 54.6 Å². The summed E-state index contributed by atoms with van der Waals surface area (Å²) in [6.45, 7) is -0.156. The van der Waals surface area contributed by atoms with Crippen LogP contribution in [0.2, 0.25) is 0 Å².